The number of carbonyl (C=O) groups is 3. The van der Waals surface area contributed by atoms with Gasteiger partial charge in [-0.25, -0.2) is 0 Å². The van der Waals surface area contributed by atoms with Crippen LogP contribution in [-0.4, -0.2) is 69.0 Å². The Hall–Kier alpha value is -3.07. The van der Waals surface area contributed by atoms with E-state index >= 15 is 0 Å². The molecule has 44 heavy (non-hydrogen) atoms. The van der Waals surface area contributed by atoms with Crippen LogP contribution in [0.4, 0.5) is 11.4 Å². The fourth-order valence-corrected chi connectivity index (χ4v) is 10.2. The fraction of sp³-hybridized carbons (Fsp3) is 0.457. The van der Waals surface area contributed by atoms with Gasteiger partial charge in [0, 0.05) is 23.5 Å². The summed E-state index contributed by atoms with van der Waals surface area (Å²) >= 11 is 8.24. The fourth-order valence-electron chi connectivity index (χ4n) is 7.67. The molecular weight excluding hydrogens is 594 g/mol. The second-order valence-electron chi connectivity index (χ2n) is 12.4. The molecule has 3 amide bonds. The number of halogens is 1. The number of aliphatic hydroxyl groups excluding tert-OH is 1. The number of aliphatic hydroxyl groups is 1. The lowest BCUT2D eigenvalue weighted by Gasteiger charge is -2.41. The van der Waals surface area contributed by atoms with Crippen molar-refractivity contribution in [3.05, 3.63) is 84.9 Å². The molecule has 3 fully saturated rings. The van der Waals surface area contributed by atoms with Crippen molar-refractivity contribution in [2.45, 2.75) is 61.6 Å². The molecule has 5 rings (SSSR count). The number of anilines is 2. The monoisotopic (exact) mass is 635 g/mol. The molecule has 0 radical (unpaired) electrons. The summed E-state index contributed by atoms with van der Waals surface area (Å²) in [6.45, 7) is 14.1. The first-order valence-electron chi connectivity index (χ1n) is 15.4. The van der Waals surface area contributed by atoms with E-state index in [1.54, 1.807) is 56.8 Å². The number of carbonyl (C=O) groups excluding carboxylic acids is 3. The normalized spacial score (nSPS) is 28.3. The summed E-state index contributed by atoms with van der Waals surface area (Å²) in [6, 6.07) is 15.1. The van der Waals surface area contributed by atoms with Gasteiger partial charge in [-0.15, -0.1) is 24.9 Å². The van der Waals surface area contributed by atoms with E-state index in [1.807, 2.05) is 50.2 Å². The highest BCUT2D eigenvalue weighted by molar-refractivity contribution is 8.02. The summed E-state index contributed by atoms with van der Waals surface area (Å²) in [6.07, 6.45) is 5.35. The highest BCUT2D eigenvalue weighted by Gasteiger charge is 2.78. The van der Waals surface area contributed by atoms with Crippen LogP contribution in [0.25, 0.3) is 0 Å². The average Bonchev–Trinajstić information content (AvgIpc) is 3.60. The Morgan fingerprint density at radius 2 is 1.70 bits per heavy atom. The predicted molar refractivity (Wildman–Crippen MR) is 179 cm³/mol. The zero-order valence-corrected chi connectivity index (χ0v) is 27.3. The molecular formula is C35H42ClN3O4S. The molecule has 7 atom stereocenters. The van der Waals surface area contributed by atoms with Gasteiger partial charge in [0.15, 0.2) is 0 Å². The first-order chi connectivity index (χ1) is 21.1. The number of amides is 3. The number of para-hydroxylation sites is 2. The Bertz CT molecular complexity index is 1440. The summed E-state index contributed by atoms with van der Waals surface area (Å²) in [5, 5.41) is 11.1. The standard InChI is InChI=1S/C35H42ClN3O4S/c1-6-20-37(24-14-10-9-11-15-24)31(41)28-29-32(42)39(27(22-40)23(4)8-3)30(35(29)19-18-34(28,5)44-35)33(43)38(21-7-2)26-17-13-12-16-25(26)36/h6-7,9-17,23,27-30,40H,1-2,8,18-22H2,3-5H3/t23-,27-,28-,29-,30?,34+,35?/m0/s1. The zero-order chi connectivity index (χ0) is 31.8. The van der Waals surface area contributed by atoms with Gasteiger partial charge in [-0.2, -0.15) is 0 Å². The van der Waals surface area contributed by atoms with Crippen molar-refractivity contribution in [2.24, 2.45) is 17.8 Å². The summed E-state index contributed by atoms with van der Waals surface area (Å²) in [4.78, 5) is 49.4. The molecule has 2 aromatic rings. The second-order valence-corrected chi connectivity index (χ2v) is 14.7. The molecule has 3 aliphatic rings. The van der Waals surface area contributed by atoms with E-state index in [0.717, 1.165) is 5.69 Å². The first-order valence-corrected chi connectivity index (χ1v) is 16.6. The van der Waals surface area contributed by atoms with Gasteiger partial charge in [-0.05, 0) is 49.9 Å². The summed E-state index contributed by atoms with van der Waals surface area (Å²) in [7, 11) is 0. The van der Waals surface area contributed by atoms with Gasteiger partial charge in [-0.1, -0.05) is 74.4 Å². The van der Waals surface area contributed by atoms with E-state index in [-0.39, 0.29) is 36.8 Å². The average molecular weight is 636 g/mol. The Morgan fingerprint density at radius 1 is 1.07 bits per heavy atom. The molecule has 0 aliphatic carbocycles. The molecule has 3 aliphatic heterocycles. The molecule has 3 saturated heterocycles. The first kappa shape index (κ1) is 32.3. The molecule has 0 aromatic heterocycles. The van der Waals surface area contributed by atoms with E-state index in [9.17, 15) is 19.5 Å². The quantitative estimate of drug-likeness (QED) is 0.291. The van der Waals surface area contributed by atoms with Gasteiger partial charge in [0.1, 0.15) is 6.04 Å². The predicted octanol–water partition coefficient (Wildman–Crippen LogP) is 5.97. The topological polar surface area (TPSA) is 81.2 Å². The number of benzene rings is 2. The lowest BCUT2D eigenvalue weighted by molar-refractivity contribution is -0.143. The molecule has 2 aromatic carbocycles. The molecule has 2 unspecified atom stereocenters. The molecule has 1 spiro atoms. The Balaban J connectivity index is 1.66. The molecule has 234 valence electrons. The number of hydrogen-bond acceptors (Lipinski definition) is 5. The van der Waals surface area contributed by atoms with E-state index in [2.05, 4.69) is 20.1 Å². The van der Waals surface area contributed by atoms with E-state index in [1.165, 1.54) is 0 Å². The second kappa shape index (κ2) is 12.7. The van der Waals surface area contributed by atoms with Crippen LogP contribution in [0.5, 0.6) is 0 Å². The van der Waals surface area contributed by atoms with Crippen molar-refractivity contribution in [2.75, 3.05) is 29.5 Å². The molecule has 0 saturated carbocycles. The third-order valence-corrected chi connectivity index (χ3v) is 12.2. The molecule has 3 heterocycles. The van der Waals surface area contributed by atoms with E-state index in [4.69, 9.17) is 11.6 Å². The minimum Gasteiger partial charge on any atom is -0.394 e. The van der Waals surface area contributed by atoms with Crippen molar-refractivity contribution < 1.29 is 19.5 Å². The van der Waals surface area contributed by atoms with Crippen LogP contribution >= 0.6 is 23.4 Å². The lowest BCUT2D eigenvalue weighted by Crippen LogP contribution is -2.58. The van der Waals surface area contributed by atoms with Gasteiger partial charge < -0.3 is 19.8 Å². The summed E-state index contributed by atoms with van der Waals surface area (Å²) < 4.78 is -1.39. The summed E-state index contributed by atoms with van der Waals surface area (Å²) in [5.74, 6) is -2.10. The highest BCUT2D eigenvalue weighted by Crippen LogP contribution is 2.72. The molecule has 7 nitrogen and oxygen atoms in total. The van der Waals surface area contributed by atoms with Crippen LogP contribution in [0.1, 0.15) is 40.0 Å². The van der Waals surface area contributed by atoms with Crippen molar-refractivity contribution in [1.29, 1.82) is 0 Å². The summed E-state index contributed by atoms with van der Waals surface area (Å²) in [5.41, 5.74) is 1.27. The van der Waals surface area contributed by atoms with Crippen LogP contribution < -0.4 is 9.80 Å². The molecule has 1 N–H and O–H groups in total. The Labute approximate surface area is 269 Å². The maximum absolute atomic E-state index is 15.0. The molecule has 2 bridgehead atoms. The van der Waals surface area contributed by atoms with Crippen LogP contribution in [0, 0.1) is 17.8 Å². The Morgan fingerprint density at radius 3 is 2.32 bits per heavy atom. The van der Waals surface area contributed by atoms with Gasteiger partial charge in [0.05, 0.1) is 39.9 Å². The third-order valence-electron chi connectivity index (χ3n) is 9.93. The number of nitrogens with zero attached hydrogens (tertiary/aromatic N) is 3. The van der Waals surface area contributed by atoms with Crippen molar-refractivity contribution in [3.8, 4) is 0 Å². The number of likely N-dealkylation sites (tertiary alicyclic amines) is 1. The van der Waals surface area contributed by atoms with Gasteiger partial charge >= 0.3 is 0 Å². The molecule has 9 heteroatoms. The van der Waals surface area contributed by atoms with Crippen LogP contribution in [0.3, 0.4) is 0 Å². The minimum absolute atomic E-state index is 0.0730. The minimum atomic E-state index is -0.892. The number of rotatable bonds is 12. The van der Waals surface area contributed by atoms with Crippen LogP contribution in [-0.2, 0) is 14.4 Å². The van der Waals surface area contributed by atoms with Crippen LogP contribution in [0.2, 0.25) is 5.02 Å². The van der Waals surface area contributed by atoms with Gasteiger partial charge in [0.2, 0.25) is 11.8 Å². The van der Waals surface area contributed by atoms with E-state index in [0.29, 0.717) is 36.5 Å². The number of hydrogen-bond donors (Lipinski definition) is 1. The lowest BCUT2D eigenvalue weighted by atomic mass is 9.66. The van der Waals surface area contributed by atoms with Crippen molar-refractivity contribution in [3.63, 3.8) is 0 Å². The van der Waals surface area contributed by atoms with Gasteiger partial charge in [0.25, 0.3) is 5.91 Å². The maximum atomic E-state index is 15.0. The third kappa shape index (κ3) is 5.09. The Kier molecular flexibility index (Phi) is 9.36. The zero-order valence-electron chi connectivity index (χ0n) is 25.7. The van der Waals surface area contributed by atoms with Crippen molar-refractivity contribution in [1.82, 2.24) is 4.90 Å². The number of thioether (sulfide) groups is 1. The van der Waals surface area contributed by atoms with E-state index < -0.39 is 33.4 Å². The SMILES string of the molecule is C=CCN(C(=O)[C@@H]1[C@H]2C(=O)N([C@@H](CO)[C@@H](C)CC)C(C(=O)N(CC=C)c3ccccc3Cl)C23CC[C@@]1(C)S3)c1ccccc1. The smallest absolute Gasteiger partial charge is 0.251 e. The largest absolute Gasteiger partial charge is 0.394 e. The van der Waals surface area contributed by atoms with Crippen molar-refractivity contribution >= 4 is 52.5 Å². The number of fused-ring (bicyclic) bond motifs is 1. The van der Waals surface area contributed by atoms with Gasteiger partial charge in [-0.3, -0.25) is 14.4 Å². The highest BCUT2D eigenvalue weighted by atomic mass is 35.5. The maximum Gasteiger partial charge on any atom is 0.251 e. The van der Waals surface area contributed by atoms with Crippen LogP contribution in [0.15, 0.2) is 79.9 Å².